The topological polar surface area (TPSA) is 35.5 Å². The van der Waals surface area contributed by atoms with E-state index in [1.807, 2.05) is 37.3 Å². The van der Waals surface area contributed by atoms with Crippen molar-refractivity contribution in [2.45, 2.75) is 37.3 Å². The molecule has 4 fully saturated rings. The summed E-state index contributed by atoms with van der Waals surface area (Å²) in [4.78, 5) is 12.1. The number of hydrogen-bond donors (Lipinski definition) is 0. The van der Waals surface area contributed by atoms with Crippen LogP contribution in [0.15, 0.2) is 30.3 Å². The van der Waals surface area contributed by atoms with Gasteiger partial charge in [0.25, 0.3) is 0 Å². The van der Waals surface area contributed by atoms with Crippen LogP contribution < -0.4 is 0 Å². The largest absolute Gasteiger partial charge is 0.336 e. The Labute approximate surface area is 99.7 Å². The van der Waals surface area contributed by atoms with Crippen molar-refractivity contribution >= 4 is 5.78 Å². The lowest BCUT2D eigenvalue weighted by atomic mass is 9.87. The first-order valence-corrected chi connectivity index (χ1v) is 6.10. The molecule has 4 aliphatic rings. The molecular weight excluding hydrogens is 216 g/mol. The maximum Gasteiger partial charge on any atom is 0.168 e. The highest BCUT2D eigenvalue weighted by Crippen LogP contribution is 2.60. The van der Waals surface area contributed by atoms with Gasteiger partial charge in [-0.05, 0) is 18.9 Å². The molecule has 3 heterocycles. The number of benzene rings is 1. The van der Waals surface area contributed by atoms with E-state index in [1.54, 1.807) is 0 Å². The van der Waals surface area contributed by atoms with Crippen molar-refractivity contribution in [3.05, 3.63) is 35.9 Å². The summed E-state index contributed by atoms with van der Waals surface area (Å²) in [6.07, 6.45) is 1.08. The van der Waals surface area contributed by atoms with E-state index < -0.39 is 17.5 Å². The Hall–Kier alpha value is -1.19. The van der Waals surface area contributed by atoms with Gasteiger partial charge in [0.15, 0.2) is 17.7 Å². The highest BCUT2D eigenvalue weighted by molar-refractivity contribution is 5.91. The molecule has 1 aromatic rings. The Bertz CT molecular complexity index is 497. The van der Waals surface area contributed by atoms with Crippen molar-refractivity contribution in [2.24, 2.45) is 5.92 Å². The molecule has 17 heavy (non-hydrogen) atoms. The van der Waals surface area contributed by atoms with E-state index in [0.29, 0.717) is 6.42 Å². The van der Waals surface area contributed by atoms with E-state index in [4.69, 9.17) is 9.47 Å². The minimum atomic E-state index is -0.558. The van der Waals surface area contributed by atoms with Gasteiger partial charge in [0.2, 0.25) is 0 Å². The third kappa shape index (κ3) is 1.06. The summed E-state index contributed by atoms with van der Waals surface area (Å²) in [6, 6.07) is 10.0. The third-order valence-corrected chi connectivity index (χ3v) is 4.28. The molecule has 3 heteroatoms. The molecule has 4 atom stereocenters. The summed E-state index contributed by atoms with van der Waals surface area (Å²) in [6.45, 7) is 1.95. The first-order chi connectivity index (χ1) is 8.13. The van der Waals surface area contributed by atoms with E-state index in [0.717, 1.165) is 12.0 Å². The lowest BCUT2D eigenvalue weighted by molar-refractivity contribution is -0.223. The van der Waals surface area contributed by atoms with Crippen molar-refractivity contribution in [2.75, 3.05) is 0 Å². The number of hydrogen-bond acceptors (Lipinski definition) is 3. The fraction of sp³-hybridized carbons (Fsp3) is 0.500. The van der Waals surface area contributed by atoms with Crippen molar-refractivity contribution in [3.8, 4) is 0 Å². The van der Waals surface area contributed by atoms with E-state index in [2.05, 4.69) is 0 Å². The third-order valence-electron chi connectivity index (χ3n) is 4.28. The van der Waals surface area contributed by atoms with Crippen LogP contribution in [0.2, 0.25) is 0 Å². The SMILES string of the molecule is C[C@@]12C[C@H]3C[C@@](c4ccccc4)(O1)[C@@H](O2)C3=O. The molecule has 1 aliphatic carbocycles. The molecule has 4 bridgehead atoms. The molecular formula is C14H14O3. The number of ether oxygens (including phenoxy) is 2. The summed E-state index contributed by atoms with van der Waals surface area (Å²) in [5.41, 5.74) is 0.556. The minimum Gasteiger partial charge on any atom is -0.336 e. The summed E-state index contributed by atoms with van der Waals surface area (Å²) < 4.78 is 12.0. The Morgan fingerprint density at radius 3 is 2.76 bits per heavy atom. The van der Waals surface area contributed by atoms with Crippen LogP contribution in [-0.4, -0.2) is 17.7 Å². The molecule has 5 rings (SSSR count). The Morgan fingerprint density at radius 2 is 2.00 bits per heavy atom. The van der Waals surface area contributed by atoms with Crippen molar-refractivity contribution in [1.29, 1.82) is 0 Å². The van der Waals surface area contributed by atoms with Gasteiger partial charge in [-0.3, -0.25) is 4.79 Å². The lowest BCUT2D eigenvalue weighted by Crippen LogP contribution is -2.40. The van der Waals surface area contributed by atoms with E-state index in [9.17, 15) is 4.79 Å². The summed E-state index contributed by atoms with van der Waals surface area (Å²) >= 11 is 0. The summed E-state index contributed by atoms with van der Waals surface area (Å²) in [7, 11) is 0. The molecule has 3 saturated heterocycles. The zero-order valence-corrected chi connectivity index (χ0v) is 9.68. The van der Waals surface area contributed by atoms with Crippen LogP contribution in [0.1, 0.15) is 25.3 Å². The number of Topliss-reactive ketones (excluding diaryl/α,β-unsaturated/α-hetero) is 1. The average Bonchev–Trinajstić information content (AvgIpc) is 2.66. The lowest BCUT2D eigenvalue weighted by Gasteiger charge is -2.36. The Morgan fingerprint density at radius 1 is 1.24 bits per heavy atom. The monoisotopic (exact) mass is 230 g/mol. The normalized spacial score (nSPS) is 46.8. The molecule has 0 N–H and O–H groups in total. The van der Waals surface area contributed by atoms with Crippen molar-refractivity contribution in [1.82, 2.24) is 0 Å². The van der Waals surface area contributed by atoms with Gasteiger partial charge in [-0.2, -0.15) is 0 Å². The van der Waals surface area contributed by atoms with E-state index in [-0.39, 0.29) is 11.7 Å². The standard InChI is InChI=1S/C14H14O3/c1-13-7-9-8-14(17-13,12(16-13)11(9)15)10-5-3-2-4-6-10/h2-6,9,12H,7-8H2,1H3/t9-,12-,13-,14-/m0/s1. The van der Waals surface area contributed by atoms with Gasteiger partial charge in [-0.1, -0.05) is 30.3 Å². The molecule has 1 saturated carbocycles. The molecule has 0 radical (unpaired) electrons. The average molecular weight is 230 g/mol. The van der Waals surface area contributed by atoms with Crippen LogP contribution in [0, 0.1) is 5.92 Å². The zero-order valence-electron chi connectivity index (χ0n) is 9.68. The van der Waals surface area contributed by atoms with Gasteiger partial charge in [-0.15, -0.1) is 0 Å². The maximum absolute atomic E-state index is 12.1. The number of ketones is 1. The second-order valence-corrected chi connectivity index (χ2v) is 5.50. The smallest absolute Gasteiger partial charge is 0.168 e. The molecule has 0 aromatic heterocycles. The second-order valence-electron chi connectivity index (χ2n) is 5.50. The molecule has 88 valence electrons. The molecule has 0 amide bonds. The van der Waals surface area contributed by atoms with Gasteiger partial charge < -0.3 is 9.47 Å². The quantitative estimate of drug-likeness (QED) is 0.740. The molecule has 0 spiro atoms. The van der Waals surface area contributed by atoms with Gasteiger partial charge >= 0.3 is 0 Å². The van der Waals surface area contributed by atoms with Gasteiger partial charge in [-0.25, -0.2) is 0 Å². The van der Waals surface area contributed by atoms with Gasteiger partial charge in [0, 0.05) is 12.3 Å². The first kappa shape index (κ1) is 9.80. The van der Waals surface area contributed by atoms with Crippen LogP contribution in [0.5, 0.6) is 0 Å². The minimum absolute atomic E-state index is 0.118. The Kier molecular flexibility index (Phi) is 1.61. The molecule has 3 nitrogen and oxygen atoms in total. The van der Waals surface area contributed by atoms with Crippen LogP contribution in [-0.2, 0) is 19.9 Å². The summed E-state index contributed by atoms with van der Waals surface area (Å²) in [5.74, 6) is -0.214. The second kappa shape index (κ2) is 2.79. The number of carbonyl (C=O) groups excluding carboxylic acids is 1. The fourth-order valence-electron chi connectivity index (χ4n) is 3.68. The zero-order chi connectivity index (χ0) is 11.7. The summed E-state index contributed by atoms with van der Waals surface area (Å²) in [5, 5.41) is 0. The van der Waals surface area contributed by atoms with Gasteiger partial charge in [0.1, 0.15) is 5.60 Å². The first-order valence-electron chi connectivity index (χ1n) is 6.10. The van der Waals surface area contributed by atoms with Crippen LogP contribution in [0.4, 0.5) is 0 Å². The predicted octanol–water partition coefficient (Wildman–Crippen LogP) is 2.01. The highest BCUT2D eigenvalue weighted by atomic mass is 16.8. The van der Waals surface area contributed by atoms with Crippen LogP contribution >= 0.6 is 0 Å². The number of carbonyl (C=O) groups is 1. The fourth-order valence-corrected chi connectivity index (χ4v) is 3.68. The molecule has 0 unspecified atom stereocenters. The molecule has 3 aliphatic heterocycles. The van der Waals surface area contributed by atoms with Gasteiger partial charge in [0.05, 0.1) is 0 Å². The molecule has 1 aromatic carbocycles. The maximum atomic E-state index is 12.1. The van der Waals surface area contributed by atoms with Crippen molar-refractivity contribution < 1.29 is 14.3 Å². The van der Waals surface area contributed by atoms with E-state index >= 15 is 0 Å². The highest BCUT2D eigenvalue weighted by Gasteiger charge is 2.70. The van der Waals surface area contributed by atoms with Crippen molar-refractivity contribution in [3.63, 3.8) is 0 Å². The van der Waals surface area contributed by atoms with E-state index in [1.165, 1.54) is 0 Å². The van der Waals surface area contributed by atoms with Crippen LogP contribution in [0.25, 0.3) is 0 Å². The number of rotatable bonds is 1. The predicted molar refractivity (Wildman–Crippen MR) is 60.2 cm³/mol. The Balaban J connectivity index is 1.88. The van der Waals surface area contributed by atoms with Crippen LogP contribution in [0.3, 0.4) is 0 Å².